The van der Waals surface area contributed by atoms with E-state index in [1.54, 1.807) is 34.6 Å². The third-order valence-electron chi connectivity index (χ3n) is 14.7. The van der Waals surface area contributed by atoms with Crippen molar-refractivity contribution in [3.63, 3.8) is 0 Å². The van der Waals surface area contributed by atoms with Crippen molar-refractivity contribution in [1.29, 1.82) is 0 Å². The summed E-state index contributed by atoms with van der Waals surface area (Å²) in [4.78, 5) is 49.9. The summed E-state index contributed by atoms with van der Waals surface area (Å²) in [5.41, 5.74) is 3.89. The summed E-state index contributed by atoms with van der Waals surface area (Å²) in [5.74, 6) is 0.887. The van der Waals surface area contributed by atoms with E-state index >= 15 is 0 Å². The number of ether oxygens (including phenoxy) is 2. The van der Waals surface area contributed by atoms with Crippen molar-refractivity contribution >= 4 is 23.9 Å². The molecule has 0 bridgehead atoms. The van der Waals surface area contributed by atoms with Crippen LogP contribution in [0.25, 0.3) is 0 Å². The van der Waals surface area contributed by atoms with Gasteiger partial charge in [0.25, 0.3) is 0 Å². The quantitative estimate of drug-likeness (QED) is 0.196. The Morgan fingerprint density at radius 1 is 0.787 bits per heavy atom. The van der Waals surface area contributed by atoms with E-state index < -0.39 is 29.0 Å². The molecule has 0 aliphatic heterocycles. The smallest absolute Gasteiger partial charge is 0.426 e. The van der Waals surface area contributed by atoms with Gasteiger partial charge in [-0.2, -0.15) is 0 Å². The highest BCUT2D eigenvalue weighted by Crippen LogP contribution is 2.76. The molecule has 5 aliphatic rings. The first-order valence-electron chi connectivity index (χ1n) is 18.4. The van der Waals surface area contributed by atoms with Gasteiger partial charge in [-0.15, -0.1) is 0 Å². The molecule has 5 rings (SSSR count). The molecular weight excluding hydrogens is 596 g/mol. The van der Waals surface area contributed by atoms with Gasteiger partial charge in [0.2, 0.25) is 5.91 Å². The summed E-state index contributed by atoms with van der Waals surface area (Å²) >= 11 is 0. The Morgan fingerprint density at radius 2 is 1.49 bits per heavy atom. The van der Waals surface area contributed by atoms with Gasteiger partial charge in [0, 0.05) is 6.42 Å². The Bertz CT molecular complexity index is 1260. The van der Waals surface area contributed by atoms with E-state index in [1.165, 1.54) is 25.7 Å². The van der Waals surface area contributed by atoms with Crippen LogP contribution < -0.4 is 10.9 Å². The Balaban J connectivity index is 1.27. The number of carbonyl (C=O) groups excluding carboxylic acids is 3. The van der Waals surface area contributed by atoms with Crippen LogP contribution in [0.5, 0.6) is 0 Å². The van der Waals surface area contributed by atoms with Gasteiger partial charge in [-0.3, -0.25) is 19.8 Å². The third kappa shape index (κ3) is 6.31. The maximum Gasteiger partial charge on any atom is 0.426 e. The Kier molecular flexibility index (Phi) is 9.36. The first-order chi connectivity index (χ1) is 21.7. The molecule has 5 fully saturated rings. The van der Waals surface area contributed by atoms with Crippen molar-refractivity contribution in [2.45, 2.75) is 157 Å². The highest BCUT2D eigenvalue weighted by atomic mass is 16.6. The predicted octanol–water partition coefficient (Wildman–Crippen LogP) is 7.81. The van der Waals surface area contributed by atoms with Crippen molar-refractivity contribution < 1.29 is 33.8 Å². The molecule has 0 aromatic carbocycles. The van der Waals surface area contributed by atoms with Crippen LogP contribution in [0.1, 0.15) is 146 Å². The zero-order valence-electron chi connectivity index (χ0n) is 30.6. The molecule has 0 saturated heterocycles. The number of hydrogen-bond donors (Lipinski definition) is 3. The number of amides is 2. The van der Waals surface area contributed by atoms with Crippen LogP contribution in [-0.2, 0) is 23.9 Å². The fourth-order valence-electron chi connectivity index (χ4n) is 12.2. The molecule has 0 spiro atoms. The highest BCUT2D eigenvalue weighted by Gasteiger charge is 2.69. The third-order valence-corrected chi connectivity index (χ3v) is 14.7. The molecule has 0 radical (unpaired) electrons. The lowest BCUT2D eigenvalue weighted by Crippen LogP contribution is -2.65. The molecular formula is C38H62N2O7. The molecule has 9 nitrogen and oxygen atoms in total. The zero-order valence-corrected chi connectivity index (χ0v) is 30.6. The van der Waals surface area contributed by atoms with Gasteiger partial charge in [0.1, 0.15) is 11.7 Å². The van der Waals surface area contributed by atoms with Crippen LogP contribution in [0.4, 0.5) is 4.79 Å². The maximum absolute atomic E-state index is 13.2. The van der Waals surface area contributed by atoms with Crippen molar-refractivity contribution in [1.82, 2.24) is 10.9 Å². The fourth-order valence-corrected chi connectivity index (χ4v) is 12.2. The van der Waals surface area contributed by atoms with Crippen molar-refractivity contribution in [2.75, 3.05) is 0 Å². The van der Waals surface area contributed by atoms with Crippen LogP contribution in [0.2, 0.25) is 0 Å². The number of hydrogen-bond acceptors (Lipinski definition) is 6. The van der Waals surface area contributed by atoms with Crippen LogP contribution in [-0.4, -0.2) is 40.8 Å². The number of carbonyl (C=O) groups is 4. The molecule has 0 aromatic heterocycles. The molecule has 266 valence electrons. The topological polar surface area (TPSA) is 131 Å². The van der Waals surface area contributed by atoms with Crippen LogP contribution >= 0.6 is 0 Å². The van der Waals surface area contributed by atoms with Gasteiger partial charge in [-0.25, -0.2) is 10.2 Å². The lowest BCUT2D eigenvalue weighted by Gasteiger charge is -2.71. The Labute approximate surface area is 282 Å². The van der Waals surface area contributed by atoms with E-state index in [0.29, 0.717) is 30.1 Å². The number of aliphatic carboxylic acids is 1. The van der Waals surface area contributed by atoms with Gasteiger partial charge < -0.3 is 14.6 Å². The monoisotopic (exact) mass is 658 g/mol. The van der Waals surface area contributed by atoms with Crippen molar-refractivity contribution in [2.24, 2.45) is 56.7 Å². The van der Waals surface area contributed by atoms with E-state index in [1.807, 2.05) is 0 Å². The summed E-state index contributed by atoms with van der Waals surface area (Å²) in [6.07, 6.45) is 11.7. The van der Waals surface area contributed by atoms with E-state index in [-0.39, 0.29) is 46.0 Å². The Hall–Kier alpha value is -2.32. The molecule has 47 heavy (non-hydrogen) atoms. The van der Waals surface area contributed by atoms with Gasteiger partial charge in [-0.1, -0.05) is 34.1 Å². The number of rotatable bonds is 6. The van der Waals surface area contributed by atoms with Crippen molar-refractivity contribution in [3.05, 3.63) is 0 Å². The maximum atomic E-state index is 13.2. The number of carboxylic acids is 1. The predicted molar refractivity (Wildman–Crippen MR) is 179 cm³/mol. The van der Waals surface area contributed by atoms with E-state index in [0.717, 1.165) is 44.9 Å². The first kappa shape index (κ1) is 36.0. The number of hydrazine groups is 1. The van der Waals surface area contributed by atoms with Crippen LogP contribution in [0.3, 0.4) is 0 Å². The summed E-state index contributed by atoms with van der Waals surface area (Å²) < 4.78 is 11.3. The largest absolute Gasteiger partial charge is 0.481 e. The molecule has 0 heterocycles. The SMILES string of the molecule is C[C@@H]1C2CC[C@]3(C)C(CC[C@@H]4[C@H]5CCC[C@]5(CC(=O)NNC(=O)OC(C)(C)C)CC[C@]43C)[C@@]2(C)CC[C@@H]1OC(=O)CC(C)(C)C(=O)O. The molecule has 9 heteroatoms. The molecule has 5 saturated carbocycles. The van der Waals surface area contributed by atoms with E-state index in [2.05, 4.69) is 38.5 Å². The number of carboxylic acid groups (broad SMARTS) is 1. The number of esters is 1. The fraction of sp³-hybridized carbons (Fsp3) is 0.895. The lowest BCUT2D eigenvalue weighted by molar-refractivity contribution is -0.235. The minimum atomic E-state index is -1.14. The summed E-state index contributed by atoms with van der Waals surface area (Å²) in [6, 6.07) is 0. The molecule has 0 aromatic rings. The molecule has 5 aliphatic carbocycles. The summed E-state index contributed by atoms with van der Waals surface area (Å²) in [5, 5.41) is 9.50. The highest BCUT2D eigenvalue weighted by molar-refractivity contribution is 5.81. The van der Waals surface area contributed by atoms with E-state index in [9.17, 15) is 24.3 Å². The van der Waals surface area contributed by atoms with E-state index in [4.69, 9.17) is 9.47 Å². The Morgan fingerprint density at radius 3 is 2.15 bits per heavy atom. The first-order valence-corrected chi connectivity index (χ1v) is 18.4. The van der Waals surface area contributed by atoms with Crippen LogP contribution in [0.15, 0.2) is 0 Å². The van der Waals surface area contributed by atoms with Crippen molar-refractivity contribution in [3.8, 4) is 0 Å². The average molecular weight is 659 g/mol. The minimum Gasteiger partial charge on any atom is -0.481 e. The molecule has 3 N–H and O–H groups in total. The average Bonchev–Trinajstić information content (AvgIpc) is 3.36. The van der Waals surface area contributed by atoms with Gasteiger partial charge in [0.15, 0.2) is 0 Å². The number of fused-ring (bicyclic) bond motifs is 7. The second-order valence-electron chi connectivity index (χ2n) is 18.7. The number of nitrogens with one attached hydrogen (secondary N) is 2. The standard InChI is InChI=1S/C38H62N2O7/c1-23-24-14-18-37(9)28(35(24,7)17-15-27(23)46-30(42)22-34(5,6)31(43)44)13-12-25-26-11-10-16-38(26,20-19-36(25,37)8)21-29(41)39-40-32(45)47-33(2,3)4/h23-28H,10-22H2,1-9H3,(H,39,41)(H,40,45)(H,43,44)/t23-,24?,25-,26-,27+,28?,35+,36-,37-,38-/m1/s1. The molecule has 2 unspecified atom stereocenters. The normalized spacial score (nSPS) is 41.3. The van der Waals surface area contributed by atoms with Gasteiger partial charge >= 0.3 is 18.0 Å². The lowest BCUT2D eigenvalue weighted by atomic mass is 9.33. The summed E-state index contributed by atoms with van der Waals surface area (Å²) in [7, 11) is 0. The molecule has 2 amide bonds. The molecule has 10 atom stereocenters. The minimum absolute atomic E-state index is 0.0141. The van der Waals surface area contributed by atoms with Crippen LogP contribution in [0, 0.1) is 56.7 Å². The summed E-state index contributed by atoms with van der Waals surface area (Å²) in [6.45, 7) is 18.5. The second kappa shape index (κ2) is 12.2. The van der Waals surface area contributed by atoms with Gasteiger partial charge in [0.05, 0.1) is 11.8 Å². The van der Waals surface area contributed by atoms with Gasteiger partial charge in [-0.05, 0) is 150 Å². The second-order valence-corrected chi connectivity index (χ2v) is 18.7. The zero-order chi connectivity index (χ0) is 34.8.